The van der Waals surface area contributed by atoms with E-state index in [0.29, 0.717) is 0 Å². The number of amides is 1. The number of sulfonamides is 1. The number of anilines is 1. The number of carbonyl (C=O) groups excluding carboxylic acids is 1. The number of primary sulfonamides is 1. The predicted octanol–water partition coefficient (Wildman–Crippen LogP) is 0.711. The SMILES string of the molecule is NNN(C(=O)c1ccc(Cl)c(S(N)(=O)=O)c1)c1ccc(C(=O)O)cc1. The van der Waals surface area contributed by atoms with Gasteiger partial charge in [-0.15, -0.1) is 0 Å². The quantitative estimate of drug-likeness (QED) is 0.436. The number of hydrogen-bond acceptors (Lipinski definition) is 6. The van der Waals surface area contributed by atoms with Crippen molar-refractivity contribution in [3.05, 3.63) is 58.6 Å². The molecule has 0 aliphatic rings. The van der Waals surface area contributed by atoms with Crippen LogP contribution in [0.1, 0.15) is 20.7 Å². The molecule has 0 atom stereocenters. The summed E-state index contributed by atoms with van der Waals surface area (Å²) in [4.78, 5) is 23.0. The zero-order valence-corrected chi connectivity index (χ0v) is 14.1. The highest BCUT2D eigenvalue weighted by Gasteiger charge is 2.21. The van der Waals surface area contributed by atoms with E-state index in [9.17, 15) is 18.0 Å². The number of rotatable bonds is 5. The molecule has 132 valence electrons. The Labute approximate surface area is 147 Å². The summed E-state index contributed by atoms with van der Waals surface area (Å²) in [6.45, 7) is 0. The van der Waals surface area contributed by atoms with E-state index in [2.05, 4.69) is 5.53 Å². The number of hydrogen-bond donors (Lipinski definition) is 4. The maximum absolute atomic E-state index is 12.6. The van der Waals surface area contributed by atoms with Gasteiger partial charge in [0.1, 0.15) is 4.90 Å². The largest absolute Gasteiger partial charge is 0.478 e. The van der Waals surface area contributed by atoms with Gasteiger partial charge >= 0.3 is 5.97 Å². The van der Waals surface area contributed by atoms with Crippen LogP contribution >= 0.6 is 11.6 Å². The molecule has 0 spiro atoms. The molecule has 2 aromatic carbocycles. The minimum absolute atomic E-state index is 0.0242. The molecule has 0 bridgehead atoms. The molecule has 0 heterocycles. The van der Waals surface area contributed by atoms with E-state index >= 15 is 0 Å². The third-order valence-electron chi connectivity index (χ3n) is 3.19. The Kier molecular flexibility index (Phi) is 5.40. The molecule has 0 aliphatic carbocycles. The van der Waals surface area contributed by atoms with Crippen LogP contribution < -0.4 is 21.5 Å². The molecule has 2 rings (SSSR count). The molecule has 0 aromatic heterocycles. The van der Waals surface area contributed by atoms with Crippen molar-refractivity contribution in [3.8, 4) is 0 Å². The first-order valence-corrected chi connectivity index (χ1v) is 8.54. The Balaban J connectivity index is 2.42. The molecular weight excluding hydrogens is 372 g/mol. The summed E-state index contributed by atoms with van der Waals surface area (Å²) >= 11 is 5.78. The van der Waals surface area contributed by atoms with Crippen molar-refractivity contribution < 1.29 is 23.1 Å². The highest BCUT2D eigenvalue weighted by atomic mass is 35.5. The molecule has 25 heavy (non-hydrogen) atoms. The van der Waals surface area contributed by atoms with Crippen molar-refractivity contribution in [2.24, 2.45) is 11.0 Å². The van der Waals surface area contributed by atoms with Crippen LogP contribution in [0.4, 0.5) is 5.69 Å². The molecule has 0 saturated carbocycles. The third kappa shape index (κ3) is 4.13. The Morgan fingerprint density at radius 3 is 2.12 bits per heavy atom. The van der Waals surface area contributed by atoms with Gasteiger partial charge in [-0.1, -0.05) is 11.6 Å². The maximum Gasteiger partial charge on any atom is 0.335 e. The van der Waals surface area contributed by atoms with Gasteiger partial charge in [0.05, 0.1) is 16.3 Å². The van der Waals surface area contributed by atoms with E-state index in [1.807, 2.05) is 0 Å². The summed E-state index contributed by atoms with van der Waals surface area (Å²) in [5, 5.41) is 14.7. The van der Waals surface area contributed by atoms with Crippen molar-refractivity contribution >= 4 is 39.2 Å². The number of carboxylic acid groups (broad SMARTS) is 1. The molecule has 0 aliphatic heterocycles. The summed E-state index contributed by atoms with van der Waals surface area (Å²) in [6.07, 6.45) is 0. The van der Waals surface area contributed by atoms with E-state index in [-0.39, 0.29) is 21.8 Å². The predicted molar refractivity (Wildman–Crippen MR) is 90.4 cm³/mol. The summed E-state index contributed by atoms with van der Waals surface area (Å²) in [5.41, 5.74) is 2.38. The standard InChI is InChI=1S/C14H13ClN4O5S/c15-11-6-3-9(7-12(11)25(17,23)24)13(20)19(18-16)10-4-1-8(2-5-10)14(21)22/h1-7,18H,16H2,(H,21,22)(H2,17,23,24). The van der Waals surface area contributed by atoms with Gasteiger partial charge in [0.15, 0.2) is 0 Å². The fourth-order valence-electron chi connectivity index (χ4n) is 1.99. The molecular formula is C14H13ClN4O5S. The average Bonchev–Trinajstić information content (AvgIpc) is 2.55. The van der Waals surface area contributed by atoms with Gasteiger partial charge in [0, 0.05) is 5.56 Å². The van der Waals surface area contributed by atoms with E-state index in [1.54, 1.807) is 0 Å². The molecule has 9 nitrogen and oxygen atoms in total. The smallest absolute Gasteiger partial charge is 0.335 e. The number of nitrogens with zero attached hydrogens (tertiary/aromatic N) is 1. The first-order chi connectivity index (χ1) is 11.6. The zero-order chi connectivity index (χ0) is 18.8. The van der Waals surface area contributed by atoms with Crippen LogP contribution in [0.5, 0.6) is 0 Å². The van der Waals surface area contributed by atoms with E-state index < -0.39 is 26.8 Å². The second-order valence-electron chi connectivity index (χ2n) is 4.81. The number of halogens is 1. The fourth-order valence-corrected chi connectivity index (χ4v) is 3.06. The van der Waals surface area contributed by atoms with Gasteiger partial charge in [-0.25, -0.2) is 23.4 Å². The molecule has 0 saturated heterocycles. The van der Waals surface area contributed by atoms with Gasteiger partial charge in [-0.3, -0.25) is 10.6 Å². The number of benzene rings is 2. The molecule has 0 unspecified atom stereocenters. The molecule has 2 aromatic rings. The Morgan fingerprint density at radius 1 is 1.08 bits per heavy atom. The number of aromatic carboxylic acids is 1. The Morgan fingerprint density at radius 2 is 1.64 bits per heavy atom. The lowest BCUT2D eigenvalue weighted by atomic mass is 10.1. The molecule has 0 fully saturated rings. The van der Waals surface area contributed by atoms with E-state index in [4.69, 9.17) is 27.7 Å². The Hall–Kier alpha value is -2.50. The first-order valence-electron chi connectivity index (χ1n) is 6.61. The van der Waals surface area contributed by atoms with E-state index in [0.717, 1.165) is 11.1 Å². The first kappa shape index (κ1) is 18.8. The summed E-state index contributed by atoms with van der Waals surface area (Å²) in [7, 11) is -4.12. The third-order valence-corrected chi connectivity index (χ3v) is 4.58. The molecule has 0 radical (unpaired) electrons. The summed E-state index contributed by atoms with van der Waals surface area (Å²) in [5.74, 6) is 3.54. The topological polar surface area (TPSA) is 156 Å². The average molecular weight is 385 g/mol. The summed E-state index contributed by atoms with van der Waals surface area (Å²) in [6, 6.07) is 8.83. The van der Waals surface area contributed by atoms with Crippen molar-refractivity contribution in [2.45, 2.75) is 4.90 Å². The fraction of sp³-hybridized carbons (Fsp3) is 0. The normalized spacial score (nSPS) is 11.2. The molecule has 6 N–H and O–H groups in total. The van der Waals surface area contributed by atoms with Crippen LogP contribution in [0, 0.1) is 0 Å². The number of hydrazine groups is 2. The highest BCUT2D eigenvalue weighted by molar-refractivity contribution is 7.89. The van der Waals surface area contributed by atoms with Crippen molar-refractivity contribution in [3.63, 3.8) is 0 Å². The van der Waals surface area contributed by atoms with Crippen LogP contribution in [-0.4, -0.2) is 25.4 Å². The van der Waals surface area contributed by atoms with Gasteiger partial charge < -0.3 is 5.11 Å². The number of nitrogens with one attached hydrogen (secondary N) is 1. The number of carboxylic acids is 1. The lowest BCUT2D eigenvalue weighted by Crippen LogP contribution is -2.47. The second kappa shape index (κ2) is 7.17. The lowest BCUT2D eigenvalue weighted by molar-refractivity contribution is 0.0696. The van der Waals surface area contributed by atoms with Crippen LogP contribution in [0.15, 0.2) is 47.4 Å². The van der Waals surface area contributed by atoms with Gasteiger partial charge in [0.2, 0.25) is 10.0 Å². The lowest BCUT2D eigenvalue weighted by Gasteiger charge is -2.21. The van der Waals surface area contributed by atoms with Crippen molar-refractivity contribution in [2.75, 3.05) is 5.01 Å². The number of carbonyl (C=O) groups is 2. The number of nitrogens with two attached hydrogens (primary N) is 2. The molecule has 11 heteroatoms. The minimum atomic E-state index is -4.12. The van der Waals surface area contributed by atoms with Crippen LogP contribution in [-0.2, 0) is 10.0 Å². The minimum Gasteiger partial charge on any atom is -0.478 e. The Bertz CT molecular complexity index is 931. The van der Waals surface area contributed by atoms with Crippen molar-refractivity contribution in [1.29, 1.82) is 0 Å². The van der Waals surface area contributed by atoms with Gasteiger partial charge in [0.25, 0.3) is 5.91 Å². The van der Waals surface area contributed by atoms with Crippen LogP contribution in [0.25, 0.3) is 0 Å². The second-order valence-corrected chi connectivity index (χ2v) is 6.75. The van der Waals surface area contributed by atoms with Crippen LogP contribution in [0.2, 0.25) is 5.02 Å². The van der Waals surface area contributed by atoms with Crippen molar-refractivity contribution in [1.82, 2.24) is 5.53 Å². The zero-order valence-electron chi connectivity index (χ0n) is 12.5. The van der Waals surface area contributed by atoms with Gasteiger partial charge in [-0.2, -0.15) is 5.53 Å². The van der Waals surface area contributed by atoms with E-state index in [1.165, 1.54) is 36.4 Å². The van der Waals surface area contributed by atoms with Crippen LogP contribution in [0.3, 0.4) is 0 Å². The molecule has 1 amide bonds. The van der Waals surface area contributed by atoms with Gasteiger partial charge in [-0.05, 0) is 42.5 Å². The highest BCUT2D eigenvalue weighted by Crippen LogP contribution is 2.23. The maximum atomic E-state index is 12.6. The monoisotopic (exact) mass is 384 g/mol. The summed E-state index contributed by atoms with van der Waals surface area (Å²) < 4.78 is 23.0.